The number of nitrogens with zero attached hydrogens (tertiary/aromatic N) is 2. The van der Waals surface area contributed by atoms with E-state index in [0.717, 1.165) is 49.5 Å². The number of benzene rings is 3. The van der Waals surface area contributed by atoms with Gasteiger partial charge in [0, 0.05) is 49.9 Å². The zero-order chi connectivity index (χ0) is 34.3. The number of halogens is 2. The third-order valence-corrected chi connectivity index (χ3v) is 8.32. The molecule has 0 aliphatic carbocycles. The molecule has 3 aromatic carbocycles. The van der Waals surface area contributed by atoms with E-state index in [1.165, 1.54) is 17.7 Å². The number of aryl methyl sites for hydroxylation is 1. The van der Waals surface area contributed by atoms with Gasteiger partial charge in [0.2, 0.25) is 0 Å². The summed E-state index contributed by atoms with van der Waals surface area (Å²) < 4.78 is 28.2. The zero-order valence-electron chi connectivity index (χ0n) is 28.6. The van der Waals surface area contributed by atoms with Gasteiger partial charge >= 0.3 is 0 Å². The minimum absolute atomic E-state index is 0.000288. The normalized spacial score (nSPS) is 12.6. The highest BCUT2D eigenvalue weighted by Crippen LogP contribution is 2.18. The molecule has 0 bridgehead atoms. The van der Waals surface area contributed by atoms with Crippen LogP contribution < -0.4 is 10.6 Å². The zero-order valence-corrected chi connectivity index (χ0v) is 28.6. The second kappa shape index (κ2) is 19.2. The average molecular weight is 651 g/mol. The number of carbonyl (C=O) groups is 2. The Hall–Kier alpha value is -3.66. The van der Waals surface area contributed by atoms with Gasteiger partial charge in [-0.25, -0.2) is 8.78 Å². The van der Waals surface area contributed by atoms with Crippen molar-refractivity contribution in [1.82, 2.24) is 20.4 Å². The van der Waals surface area contributed by atoms with Crippen molar-refractivity contribution in [3.05, 3.63) is 106 Å². The van der Waals surface area contributed by atoms with Gasteiger partial charge in [0.05, 0.1) is 12.1 Å². The summed E-state index contributed by atoms with van der Waals surface area (Å²) in [6.45, 7) is 14.3. The lowest BCUT2D eigenvalue weighted by atomic mass is 9.99. The molecule has 2 amide bonds. The molecule has 3 rings (SSSR count). The van der Waals surface area contributed by atoms with Gasteiger partial charge in [-0.1, -0.05) is 58.9 Å². The highest BCUT2D eigenvalue weighted by molar-refractivity contribution is 6.00. The van der Waals surface area contributed by atoms with Crippen LogP contribution in [0.3, 0.4) is 0 Å². The van der Waals surface area contributed by atoms with E-state index in [-0.39, 0.29) is 24.4 Å². The van der Waals surface area contributed by atoms with Crippen molar-refractivity contribution < 1.29 is 23.5 Å². The average Bonchev–Trinajstić information content (AvgIpc) is 3.05. The van der Waals surface area contributed by atoms with Crippen molar-refractivity contribution in [2.75, 3.05) is 32.7 Å². The second-order valence-electron chi connectivity index (χ2n) is 12.1. The number of aliphatic hydroxyl groups is 1. The van der Waals surface area contributed by atoms with Crippen LogP contribution >= 0.6 is 0 Å². The molecular formula is C38H52F2N4O3. The van der Waals surface area contributed by atoms with E-state index in [0.29, 0.717) is 37.3 Å². The van der Waals surface area contributed by atoms with E-state index < -0.39 is 29.7 Å². The summed E-state index contributed by atoms with van der Waals surface area (Å²) in [6, 6.07) is 15.7. The van der Waals surface area contributed by atoms with Crippen LogP contribution in [0.1, 0.15) is 90.4 Å². The van der Waals surface area contributed by atoms with E-state index in [1.807, 2.05) is 36.9 Å². The maximum absolute atomic E-state index is 14.1. The van der Waals surface area contributed by atoms with E-state index in [2.05, 4.69) is 48.4 Å². The molecule has 0 aliphatic heterocycles. The van der Waals surface area contributed by atoms with Crippen LogP contribution in [-0.2, 0) is 25.9 Å². The molecule has 0 fully saturated rings. The van der Waals surface area contributed by atoms with Crippen molar-refractivity contribution in [2.24, 2.45) is 0 Å². The first-order valence-corrected chi connectivity index (χ1v) is 17.0. The maximum atomic E-state index is 14.1. The van der Waals surface area contributed by atoms with Crippen LogP contribution in [-0.4, -0.2) is 71.6 Å². The summed E-state index contributed by atoms with van der Waals surface area (Å²) in [5.74, 6) is -2.07. The second-order valence-corrected chi connectivity index (χ2v) is 12.1. The van der Waals surface area contributed by atoms with Gasteiger partial charge < -0.3 is 20.6 Å². The molecule has 3 aromatic rings. The molecule has 0 saturated carbocycles. The molecule has 2 atom stereocenters. The molecule has 0 radical (unpaired) electrons. The van der Waals surface area contributed by atoms with Crippen LogP contribution in [0.2, 0.25) is 0 Å². The van der Waals surface area contributed by atoms with Gasteiger partial charge in [0.25, 0.3) is 11.8 Å². The summed E-state index contributed by atoms with van der Waals surface area (Å²) in [7, 11) is 0. The van der Waals surface area contributed by atoms with E-state index in [4.69, 9.17) is 0 Å². The largest absolute Gasteiger partial charge is 0.390 e. The fourth-order valence-corrected chi connectivity index (χ4v) is 5.76. The minimum atomic E-state index is -1.08. The Balaban J connectivity index is 1.91. The lowest BCUT2D eigenvalue weighted by molar-refractivity contribution is 0.0755. The van der Waals surface area contributed by atoms with Crippen molar-refractivity contribution in [2.45, 2.75) is 85.5 Å². The molecule has 47 heavy (non-hydrogen) atoms. The van der Waals surface area contributed by atoms with Crippen molar-refractivity contribution in [3.63, 3.8) is 0 Å². The van der Waals surface area contributed by atoms with E-state index in [1.54, 1.807) is 12.1 Å². The van der Waals surface area contributed by atoms with E-state index >= 15 is 0 Å². The van der Waals surface area contributed by atoms with Gasteiger partial charge in [-0.15, -0.1) is 0 Å². The number of hydrogen-bond acceptors (Lipinski definition) is 5. The standard InChI is InChI=1S/C38H52F2N4O3/c1-6-14-44(15-7-2)38(47)32-18-30(26-43(9-4)10-5)17-31(22-32)37(46)42-35(21-29-19-33(39)23-34(40)20-29)36(45)25-41-24-28-13-11-12-27(8-3)16-28/h11-13,16-20,22-23,35-36,41,45H,6-10,14-15,21,24-26H2,1-5H3,(H,42,46). The molecule has 0 aliphatic rings. The highest BCUT2D eigenvalue weighted by Gasteiger charge is 2.25. The number of aliphatic hydroxyl groups excluding tert-OH is 1. The van der Waals surface area contributed by atoms with Gasteiger partial charge in [0.15, 0.2) is 0 Å². The van der Waals surface area contributed by atoms with Crippen LogP contribution in [0.25, 0.3) is 0 Å². The first kappa shape index (κ1) is 37.8. The van der Waals surface area contributed by atoms with Gasteiger partial charge in [-0.2, -0.15) is 0 Å². The van der Waals surface area contributed by atoms with Crippen molar-refractivity contribution in [1.29, 1.82) is 0 Å². The number of hydrogen-bond donors (Lipinski definition) is 3. The molecule has 0 saturated heterocycles. The molecule has 256 valence electrons. The first-order chi connectivity index (χ1) is 22.6. The minimum Gasteiger partial charge on any atom is -0.390 e. The third kappa shape index (κ3) is 11.8. The summed E-state index contributed by atoms with van der Waals surface area (Å²) in [5, 5.41) is 17.5. The van der Waals surface area contributed by atoms with Crippen molar-refractivity contribution >= 4 is 11.8 Å². The first-order valence-electron chi connectivity index (χ1n) is 17.0. The van der Waals surface area contributed by atoms with Gasteiger partial charge in [-0.3, -0.25) is 14.5 Å². The third-order valence-electron chi connectivity index (χ3n) is 8.32. The van der Waals surface area contributed by atoms with Crippen LogP contribution in [0.4, 0.5) is 8.78 Å². The summed E-state index contributed by atoms with van der Waals surface area (Å²) in [6.07, 6.45) is 1.46. The number of carbonyl (C=O) groups excluding carboxylic acids is 2. The SMILES string of the molecule is CCCN(CCC)C(=O)c1cc(CN(CC)CC)cc(C(=O)NC(Cc2cc(F)cc(F)c2)C(O)CNCc2cccc(CC)c2)c1. The van der Waals surface area contributed by atoms with Crippen molar-refractivity contribution in [3.8, 4) is 0 Å². The summed E-state index contributed by atoms with van der Waals surface area (Å²) in [5.41, 5.74) is 4.13. The van der Waals surface area contributed by atoms with Crippen LogP contribution in [0, 0.1) is 11.6 Å². The summed E-state index contributed by atoms with van der Waals surface area (Å²) in [4.78, 5) is 31.6. The van der Waals surface area contributed by atoms with Gasteiger partial charge in [0.1, 0.15) is 11.6 Å². The lowest BCUT2D eigenvalue weighted by Gasteiger charge is -2.26. The van der Waals surface area contributed by atoms with Crippen LogP contribution in [0.5, 0.6) is 0 Å². The summed E-state index contributed by atoms with van der Waals surface area (Å²) >= 11 is 0. The quantitative estimate of drug-likeness (QED) is 0.146. The topological polar surface area (TPSA) is 84.9 Å². The molecule has 3 N–H and O–H groups in total. The Kier molecular flexibility index (Phi) is 15.5. The number of nitrogens with one attached hydrogen (secondary N) is 2. The Morgan fingerprint density at radius 1 is 0.787 bits per heavy atom. The van der Waals surface area contributed by atoms with E-state index in [9.17, 15) is 23.5 Å². The molecule has 0 aromatic heterocycles. The highest BCUT2D eigenvalue weighted by atomic mass is 19.1. The molecule has 9 heteroatoms. The molecule has 7 nitrogen and oxygen atoms in total. The number of rotatable bonds is 19. The number of amides is 2. The fraction of sp³-hybridized carbons (Fsp3) is 0.474. The molecule has 0 spiro atoms. The predicted octanol–water partition coefficient (Wildman–Crippen LogP) is 6.12. The monoisotopic (exact) mass is 650 g/mol. The molecule has 2 unspecified atom stereocenters. The Bertz CT molecular complexity index is 1420. The Morgan fingerprint density at radius 3 is 2.04 bits per heavy atom. The smallest absolute Gasteiger partial charge is 0.253 e. The predicted molar refractivity (Wildman–Crippen MR) is 184 cm³/mol. The van der Waals surface area contributed by atoms with Crippen LogP contribution in [0.15, 0.2) is 60.7 Å². The van der Waals surface area contributed by atoms with Gasteiger partial charge in [-0.05, 0) is 91.4 Å². The Labute approximate surface area is 279 Å². The molecular weight excluding hydrogens is 598 g/mol. The molecule has 0 heterocycles. The Morgan fingerprint density at radius 2 is 1.43 bits per heavy atom. The fourth-order valence-electron chi connectivity index (χ4n) is 5.76. The maximum Gasteiger partial charge on any atom is 0.253 e. The lowest BCUT2D eigenvalue weighted by Crippen LogP contribution is -2.48.